The Bertz CT molecular complexity index is 1060. The van der Waals surface area contributed by atoms with Crippen LogP contribution in [-0.4, -0.2) is 40.1 Å². The fourth-order valence-corrected chi connectivity index (χ4v) is 3.77. The minimum atomic E-state index is -0.433. The molecule has 0 aliphatic carbocycles. The molecule has 1 N–H and O–H groups in total. The number of nitrogens with zero attached hydrogens (tertiary/aromatic N) is 2. The van der Waals surface area contributed by atoms with Gasteiger partial charge in [0.2, 0.25) is 0 Å². The Balaban J connectivity index is 1.38. The summed E-state index contributed by atoms with van der Waals surface area (Å²) in [6.45, 7) is 2.95. The highest BCUT2D eigenvalue weighted by molar-refractivity contribution is 7.80. The molecule has 1 aromatic heterocycles. The molecule has 0 saturated carbocycles. The maximum Gasteiger partial charge on any atom is 0.276 e. The van der Waals surface area contributed by atoms with Crippen molar-refractivity contribution >= 4 is 35.0 Å². The number of carbonyl (C=O) groups excluding carboxylic acids is 1. The monoisotopic (exact) mass is 443 g/mol. The zero-order valence-electron chi connectivity index (χ0n) is 16.8. The van der Waals surface area contributed by atoms with E-state index in [2.05, 4.69) is 5.32 Å². The fraction of sp³-hybridized carbons (Fsp3) is 0.333. The number of nitro benzene ring substituents is 1. The maximum atomic E-state index is 12.7. The average molecular weight is 443 g/mol. The third kappa shape index (κ3) is 4.75. The molecule has 162 valence electrons. The van der Waals surface area contributed by atoms with Crippen LogP contribution >= 0.6 is 12.2 Å². The average Bonchev–Trinajstić information content (AvgIpc) is 3.45. The fourth-order valence-electron chi connectivity index (χ4n) is 3.50. The van der Waals surface area contributed by atoms with Crippen molar-refractivity contribution in [2.45, 2.75) is 32.5 Å². The first kappa shape index (κ1) is 21.0. The van der Waals surface area contributed by atoms with E-state index in [-0.39, 0.29) is 24.3 Å². The van der Waals surface area contributed by atoms with E-state index in [9.17, 15) is 14.9 Å². The molecule has 0 bridgehead atoms. The van der Waals surface area contributed by atoms with Crippen LogP contribution in [-0.2, 0) is 16.1 Å². The Morgan fingerprint density at radius 1 is 1.39 bits per heavy atom. The van der Waals surface area contributed by atoms with Gasteiger partial charge in [0.1, 0.15) is 29.6 Å². The lowest BCUT2D eigenvalue weighted by molar-refractivity contribution is -0.385. The number of thiocarbonyl (C=S) groups is 1. The number of benzene rings is 1. The van der Waals surface area contributed by atoms with Gasteiger partial charge in [-0.1, -0.05) is 0 Å². The quantitative estimate of drug-likeness (QED) is 0.301. The molecule has 0 spiro atoms. The van der Waals surface area contributed by atoms with Crippen LogP contribution in [0.1, 0.15) is 29.9 Å². The van der Waals surface area contributed by atoms with Crippen molar-refractivity contribution in [2.24, 2.45) is 0 Å². The molecule has 2 fully saturated rings. The van der Waals surface area contributed by atoms with Crippen molar-refractivity contribution in [3.05, 3.63) is 63.2 Å². The van der Waals surface area contributed by atoms with E-state index >= 15 is 0 Å². The van der Waals surface area contributed by atoms with Gasteiger partial charge < -0.3 is 19.2 Å². The van der Waals surface area contributed by atoms with Crippen LogP contribution in [0.3, 0.4) is 0 Å². The minimum Gasteiger partial charge on any atom is -0.486 e. The Hall–Kier alpha value is -3.24. The molecule has 10 heteroatoms. The van der Waals surface area contributed by atoms with E-state index in [1.165, 1.54) is 11.0 Å². The first-order valence-electron chi connectivity index (χ1n) is 9.83. The lowest BCUT2D eigenvalue weighted by Crippen LogP contribution is -2.37. The third-order valence-electron chi connectivity index (χ3n) is 5.09. The molecule has 1 aromatic carbocycles. The van der Waals surface area contributed by atoms with Crippen molar-refractivity contribution in [3.63, 3.8) is 0 Å². The molecule has 0 radical (unpaired) electrons. The molecule has 1 atom stereocenters. The molecule has 2 aliphatic heterocycles. The number of hydrogen-bond acceptors (Lipinski definition) is 7. The highest BCUT2D eigenvalue weighted by Crippen LogP contribution is 2.24. The molecule has 2 aromatic rings. The second-order valence-corrected chi connectivity index (χ2v) is 7.72. The van der Waals surface area contributed by atoms with Gasteiger partial charge in [-0.05, 0) is 56.2 Å². The number of aryl methyl sites for hydroxylation is 1. The van der Waals surface area contributed by atoms with Gasteiger partial charge in [-0.15, -0.1) is 0 Å². The van der Waals surface area contributed by atoms with Gasteiger partial charge in [0, 0.05) is 24.3 Å². The van der Waals surface area contributed by atoms with E-state index in [1.807, 2.05) is 0 Å². The summed E-state index contributed by atoms with van der Waals surface area (Å²) in [6, 6.07) is 8.03. The first-order chi connectivity index (χ1) is 14.9. The summed E-state index contributed by atoms with van der Waals surface area (Å²) in [7, 11) is 0. The van der Waals surface area contributed by atoms with Crippen LogP contribution in [0.15, 0.2) is 40.4 Å². The largest absolute Gasteiger partial charge is 0.486 e. The van der Waals surface area contributed by atoms with Crippen LogP contribution < -0.4 is 10.1 Å². The molecule has 2 saturated heterocycles. The minimum absolute atomic E-state index is 0.0125. The van der Waals surface area contributed by atoms with Gasteiger partial charge >= 0.3 is 0 Å². The normalized spacial score (nSPS) is 19.8. The Labute approximate surface area is 183 Å². The molecule has 3 heterocycles. The number of ether oxygens (including phenoxy) is 2. The van der Waals surface area contributed by atoms with Crippen LogP contribution in [0.2, 0.25) is 0 Å². The molecular formula is C21H21N3O6S. The van der Waals surface area contributed by atoms with Gasteiger partial charge in [0.25, 0.3) is 11.6 Å². The second kappa shape index (κ2) is 8.86. The number of amides is 1. The molecule has 2 aliphatic rings. The molecule has 9 nitrogen and oxygen atoms in total. The zero-order chi connectivity index (χ0) is 22.0. The predicted molar refractivity (Wildman–Crippen MR) is 115 cm³/mol. The third-order valence-corrected chi connectivity index (χ3v) is 5.41. The van der Waals surface area contributed by atoms with E-state index in [4.69, 9.17) is 26.1 Å². The van der Waals surface area contributed by atoms with E-state index < -0.39 is 4.92 Å². The summed E-state index contributed by atoms with van der Waals surface area (Å²) in [5.74, 6) is 1.32. The van der Waals surface area contributed by atoms with Crippen molar-refractivity contribution in [3.8, 4) is 5.75 Å². The van der Waals surface area contributed by atoms with Gasteiger partial charge in [0.15, 0.2) is 5.11 Å². The van der Waals surface area contributed by atoms with E-state index in [0.717, 1.165) is 12.8 Å². The molecule has 31 heavy (non-hydrogen) atoms. The van der Waals surface area contributed by atoms with Gasteiger partial charge in [-0.2, -0.15) is 0 Å². The summed E-state index contributed by atoms with van der Waals surface area (Å²) < 4.78 is 17.0. The summed E-state index contributed by atoms with van der Waals surface area (Å²) in [6.07, 6.45) is 3.52. The number of rotatable bonds is 7. The molecule has 4 rings (SSSR count). The zero-order valence-corrected chi connectivity index (χ0v) is 17.6. The number of hydrogen-bond donors (Lipinski definition) is 1. The van der Waals surface area contributed by atoms with Gasteiger partial charge in [0.05, 0.1) is 17.6 Å². The summed E-state index contributed by atoms with van der Waals surface area (Å²) in [5, 5.41) is 14.2. The van der Waals surface area contributed by atoms with Crippen LogP contribution in [0, 0.1) is 17.0 Å². The molecular weight excluding hydrogens is 422 g/mol. The van der Waals surface area contributed by atoms with Crippen LogP contribution in [0.25, 0.3) is 6.08 Å². The summed E-state index contributed by atoms with van der Waals surface area (Å²) in [5.41, 5.74) is 0.900. The highest BCUT2D eigenvalue weighted by Gasteiger charge is 2.33. The number of nitrogens with one attached hydrogen (secondary N) is 1. The number of carbonyl (C=O) groups is 1. The number of furan rings is 1. The standard InChI is InChI=1S/C21H21N3O6S/c1-13-9-14(6-7-19(13)24(26)27)29-12-17-5-4-15(30-17)10-18-20(25)23(21(31)22-18)11-16-3-2-8-28-16/h4-7,9-10,16H,2-3,8,11-12H2,1H3,(H,22,31). The molecule has 1 amide bonds. The summed E-state index contributed by atoms with van der Waals surface area (Å²) >= 11 is 5.29. The van der Waals surface area contributed by atoms with Crippen molar-refractivity contribution in [2.75, 3.05) is 13.2 Å². The van der Waals surface area contributed by atoms with Gasteiger partial charge in [-0.25, -0.2) is 0 Å². The smallest absolute Gasteiger partial charge is 0.276 e. The first-order valence-corrected chi connectivity index (χ1v) is 10.2. The van der Waals surface area contributed by atoms with E-state index in [1.54, 1.807) is 37.3 Å². The molecule has 1 unspecified atom stereocenters. The lowest BCUT2D eigenvalue weighted by atomic mass is 10.2. The maximum absolute atomic E-state index is 12.7. The Kier molecular flexibility index (Phi) is 6.01. The van der Waals surface area contributed by atoms with Crippen molar-refractivity contribution in [1.82, 2.24) is 10.2 Å². The van der Waals surface area contributed by atoms with E-state index in [0.29, 0.717) is 46.8 Å². The lowest BCUT2D eigenvalue weighted by Gasteiger charge is -2.18. The Morgan fingerprint density at radius 2 is 2.23 bits per heavy atom. The topological polar surface area (TPSA) is 107 Å². The number of nitro groups is 1. The van der Waals surface area contributed by atoms with Crippen LogP contribution in [0.5, 0.6) is 5.75 Å². The van der Waals surface area contributed by atoms with Gasteiger partial charge in [-0.3, -0.25) is 19.8 Å². The van der Waals surface area contributed by atoms with Crippen LogP contribution in [0.4, 0.5) is 5.69 Å². The second-order valence-electron chi connectivity index (χ2n) is 7.34. The SMILES string of the molecule is Cc1cc(OCc2ccc(C=C3NC(=S)N(CC4CCCO4)C3=O)o2)ccc1[N+](=O)[O-]. The summed E-state index contributed by atoms with van der Waals surface area (Å²) in [4.78, 5) is 24.7. The van der Waals surface area contributed by atoms with Crippen molar-refractivity contribution < 1.29 is 23.6 Å². The Morgan fingerprint density at radius 3 is 2.94 bits per heavy atom. The van der Waals surface area contributed by atoms with Crippen molar-refractivity contribution in [1.29, 1.82) is 0 Å². The predicted octanol–water partition coefficient (Wildman–Crippen LogP) is 3.31. The highest BCUT2D eigenvalue weighted by atomic mass is 32.1.